The molecule has 5 nitrogen and oxygen atoms in total. The van der Waals surface area contributed by atoms with Crippen LogP contribution in [-0.4, -0.2) is 27.4 Å². The molecule has 1 amide bonds. The summed E-state index contributed by atoms with van der Waals surface area (Å²) in [5.41, 5.74) is 3.40. The number of aliphatic hydroxyl groups excluding tert-OH is 1. The quantitative estimate of drug-likeness (QED) is 0.488. The van der Waals surface area contributed by atoms with E-state index in [0.717, 1.165) is 24.1 Å². The lowest BCUT2D eigenvalue weighted by atomic mass is 9.95. The minimum absolute atomic E-state index is 0.117. The third-order valence-corrected chi connectivity index (χ3v) is 6.90. The molecule has 1 fully saturated rings. The highest BCUT2D eigenvalue weighted by atomic mass is 32.2. The Hall–Kier alpha value is -2.90. The van der Waals surface area contributed by atoms with E-state index in [0.29, 0.717) is 35.5 Å². The molecule has 0 spiro atoms. The second-order valence-electron chi connectivity index (χ2n) is 8.55. The molecule has 7 heteroatoms. The van der Waals surface area contributed by atoms with E-state index in [2.05, 4.69) is 16.6 Å². The minimum Gasteiger partial charge on any atom is -0.493 e. The summed E-state index contributed by atoms with van der Waals surface area (Å²) in [6, 6.07) is 15.3. The highest BCUT2D eigenvalue weighted by molar-refractivity contribution is 7.99. The number of nitrogens with zero attached hydrogens (tertiary/aromatic N) is 1. The number of hydrogen-bond donors (Lipinski definition) is 2. The topological polar surface area (TPSA) is 71.5 Å². The van der Waals surface area contributed by atoms with Crippen molar-refractivity contribution in [1.29, 1.82) is 0 Å². The summed E-state index contributed by atoms with van der Waals surface area (Å²) in [5, 5.41) is 10.1. The largest absolute Gasteiger partial charge is 0.493 e. The normalized spacial score (nSPS) is 17.6. The molecule has 5 rings (SSSR count). The number of nitrogens with one attached hydrogen (secondary N) is 1. The van der Waals surface area contributed by atoms with Crippen LogP contribution in [-0.2, 0) is 0 Å². The summed E-state index contributed by atoms with van der Waals surface area (Å²) in [6.07, 6.45) is 3.95. The van der Waals surface area contributed by atoms with Crippen molar-refractivity contribution < 1.29 is 19.0 Å². The first-order valence-electron chi connectivity index (χ1n) is 11.0. The van der Waals surface area contributed by atoms with Gasteiger partial charge in [-0.1, -0.05) is 18.2 Å². The first-order chi connectivity index (χ1) is 15.8. The predicted molar refractivity (Wildman–Crippen MR) is 129 cm³/mol. The average molecular weight is 467 g/mol. The number of amides is 1. The van der Waals surface area contributed by atoms with Gasteiger partial charge in [-0.05, 0) is 86.2 Å². The SMILES string of the molecule is CC1(SNC(=O)c2ccc(F)cc2-c2ccc3c(c2)OCC[C@@H]3O)CC1.Cc1ccccn1. The maximum atomic E-state index is 13.9. The molecule has 2 aliphatic rings. The van der Waals surface area contributed by atoms with Crippen LogP contribution in [0.4, 0.5) is 4.39 Å². The van der Waals surface area contributed by atoms with Crippen LogP contribution >= 0.6 is 11.9 Å². The van der Waals surface area contributed by atoms with Crippen molar-refractivity contribution in [2.45, 2.75) is 44.0 Å². The van der Waals surface area contributed by atoms with Crippen molar-refractivity contribution in [3.63, 3.8) is 0 Å². The van der Waals surface area contributed by atoms with E-state index >= 15 is 0 Å². The standard InChI is InChI=1S/C20H20FNO3S.C6H7N/c1-20(7-8-20)26-22-19(24)14-5-3-13(21)11-16(14)12-2-4-15-17(23)6-9-25-18(15)10-12;1-6-4-2-3-5-7-6/h2-5,10-11,17,23H,6-9H2,1H3,(H,22,24);2-5H,1H3/t17-;/m0./s1. The summed E-state index contributed by atoms with van der Waals surface area (Å²) < 4.78 is 22.5. The van der Waals surface area contributed by atoms with Gasteiger partial charge in [-0.2, -0.15) is 0 Å². The van der Waals surface area contributed by atoms with Gasteiger partial charge < -0.3 is 9.84 Å². The molecule has 2 N–H and O–H groups in total. The molecular weight excluding hydrogens is 439 g/mol. The van der Waals surface area contributed by atoms with Crippen molar-refractivity contribution in [1.82, 2.24) is 9.71 Å². The molecule has 1 saturated carbocycles. The van der Waals surface area contributed by atoms with Gasteiger partial charge in [0.1, 0.15) is 11.6 Å². The minimum atomic E-state index is -0.557. The van der Waals surface area contributed by atoms with Crippen LogP contribution in [0.5, 0.6) is 5.75 Å². The number of hydrogen-bond acceptors (Lipinski definition) is 5. The number of halogens is 1. The summed E-state index contributed by atoms with van der Waals surface area (Å²) >= 11 is 1.43. The molecule has 2 heterocycles. The van der Waals surface area contributed by atoms with E-state index in [1.165, 1.54) is 30.1 Å². The van der Waals surface area contributed by atoms with Crippen LogP contribution in [0.2, 0.25) is 0 Å². The fraction of sp³-hybridized carbons (Fsp3) is 0.308. The lowest BCUT2D eigenvalue weighted by molar-refractivity contribution is 0.0984. The number of ether oxygens (including phenoxy) is 1. The maximum Gasteiger partial charge on any atom is 0.261 e. The van der Waals surface area contributed by atoms with Gasteiger partial charge in [0.15, 0.2) is 0 Å². The second kappa shape index (κ2) is 9.93. The Morgan fingerprint density at radius 3 is 2.70 bits per heavy atom. The third kappa shape index (κ3) is 5.92. The van der Waals surface area contributed by atoms with Crippen molar-refractivity contribution in [3.05, 3.63) is 83.4 Å². The number of benzene rings is 2. The molecule has 0 unspecified atom stereocenters. The molecule has 0 radical (unpaired) electrons. The Balaban J connectivity index is 0.000000318. The lowest BCUT2D eigenvalue weighted by Crippen LogP contribution is -2.20. The molecule has 2 aromatic carbocycles. The van der Waals surface area contributed by atoms with Crippen molar-refractivity contribution in [2.75, 3.05) is 6.61 Å². The summed E-state index contributed by atoms with van der Waals surface area (Å²) in [4.78, 5) is 16.6. The van der Waals surface area contributed by atoms with Gasteiger partial charge in [-0.3, -0.25) is 14.5 Å². The van der Waals surface area contributed by atoms with Crippen LogP contribution in [0.15, 0.2) is 60.8 Å². The van der Waals surface area contributed by atoms with Gasteiger partial charge >= 0.3 is 0 Å². The maximum absolute atomic E-state index is 13.9. The molecule has 1 atom stereocenters. The summed E-state index contributed by atoms with van der Waals surface area (Å²) in [7, 11) is 0. The Morgan fingerprint density at radius 1 is 1.21 bits per heavy atom. The van der Waals surface area contributed by atoms with Gasteiger partial charge in [0.25, 0.3) is 5.91 Å². The number of pyridine rings is 1. The first kappa shape index (κ1) is 23.3. The molecular formula is C26H27FN2O3S. The predicted octanol–water partition coefficient (Wildman–Crippen LogP) is 5.63. The van der Waals surface area contributed by atoms with Crippen molar-refractivity contribution in [3.8, 4) is 16.9 Å². The zero-order valence-corrected chi connectivity index (χ0v) is 19.5. The highest BCUT2D eigenvalue weighted by Gasteiger charge is 2.39. The van der Waals surface area contributed by atoms with Gasteiger partial charge in [0, 0.05) is 34.2 Å². The molecule has 1 aromatic heterocycles. The van der Waals surface area contributed by atoms with Crippen molar-refractivity contribution in [2.24, 2.45) is 0 Å². The summed E-state index contributed by atoms with van der Waals surface area (Å²) in [6.45, 7) is 4.51. The number of fused-ring (bicyclic) bond motifs is 1. The van der Waals surface area contributed by atoms with Gasteiger partial charge in [0.2, 0.25) is 0 Å². The summed E-state index contributed by atoms with van der Waals surface area (Å²) in [5.74, 6) is -0.0643. The molecule has 3 aromatic rings. The van der Waals surface area contributed by atoms with E-state index in [1.807, 2.05) is 25.1 Å². The highest BCUT2D eigenvalue weighted by Crippen LogP contribution is 2.46. The fourth-order valence-corrected chi connectivity index (χ4v) is 4.20. The van der Waals surface area contributed by atoms with Gasteiger partial charge in [0.05, 0.1) is 12.7 Å². The first-order valence-corrected chi connectivity index (χ1v) is 11.8. The van der Waals surface area contributed by atoms with Gasteiger partial charge in [-0.15, -0.1) is 0 Å². The zero-order valence-electron chi connectivity index (χ0n) is 18.7. The van der Waals surface area contributed by atoms with Crippen LogP contribution in [0.1, 0.15) is 53.9 Å². The average Bonchev–Trinajstić information content (AvgIpc) is 3.56. The molecule has 0 bridgehead atoms. The van der Waals surface area contributed by atoms with Gasteiger partial charge in [-0.25, -0.2) is 4.39 Å². The number of carbonyl (C=O) groups excluding carboxylic acids is 1. The smallest absolute Gasteiger partial charge is 0.261 e. The molecule has 0 saturated heterocycles. The molecule has 1 aliphatic carbocycles. The monoisotopic (exact) mass is 466 g/mol. The Kier molecular flexibility index (Phi) is 7.00. The Morgan fingerprint density at radius 2 is 2.03 bits per heavy atom. The lowest BCUT2D eigenvalue weighted by Gasteiger charge is -2.23. The van der Waals surface area contributed by atoms with E-state index in [1.54, 1.807) is 24.4 Å². The number of aliphatic hydroxyl groups is 1. The van der Waals surface area contributed by atoms with E-state index in [9.17, 15) is 14.3 Å². The van der Waals surface area contributed by atoms with E-state index < -0.39 is 11.9 Å². The third-order valence-electron chi connectivity index (χ3n) is 5.72. The van der Waals surface area contributed by atoms with E-state index in [4.69, 9.17) is 4.74 Å². The number of aryl methyl sites for hydroxylation is 1. The zero-order chi connectivity index (χ0) is 23.4. The number of aromatic nitrogens is 1. The van der Waals surface area contributed by atoms with Crippen LogP contribution in [0, 0.1) is 12.7 Å². The van der Waals surface area contributed by atoms with Crippen LogP contribution < -0.4 is 9.46 Å². The Labute approximate surface area is 197 Å². The van der Waals surface area contributed by atoms with Crippen LogP contribution in [0.25, 0.3) is 11.1 Å². The molecule has 172 valence electrons. The fourth-order valence-electron chi connectivity index (χ4n) is 3.44. The molecule has 1 aliphatic heterocycles. The molecule has 33 heavy (non-hydrogen) atoms. The number of carbonyl (C=O) groups is 1. The van der Waals surface area contributed by atoms with Crippen LogP contribution in [0.3, 0.4) is 0 Å². The van der Waals surface area contributed by atoms with Crippen molar-refractivity contribution >= 4 is 17.9 Å². The Bertz CT molecular complexity index is 1140. The van der Waals surface area contributed by atoms with E-state index in [-0.39, 0.29) is 10.7 Å². The number of rotatable bonds is 4. The second-order valence-corrected chi connectivity index (χ2v) is 9.94.